The Morgan fingerprint density at radius 2 is 1.59 bits per heavy atom. The van der Waals surface area contributed by atoms with Gasteiger partial charge in [-0.15, -0.1) is 0 Å². The number of carbonyl (C=O) groups is 3. The lowest BCUT2D eigenvalue weighted by Gasteiger charge is -2.25. The highest BCUT2D eigenvalue weighted by Crippen LogP contribution is 2.18. The summed E-state index contributed by atoms with van der Waals surface area (Å²) < 4.78 is 0. The second-order valence-electron chi connectivity index (χ2n) is 6.57. The molecule has 0 bridgehead atoms. The molecule has 160 valence electrons. The van der Waals surface area contributed by atoms with Crippen molar-refractivity contribution in [1.29, 1.82) is 0 Å². The van der Waals surface area contributed by atoms with Crippen LogP contribution >= 0.6 is 0 Å². The molecule has 0 aliphatic carbocycles. The Balaban J connectivity index is 0.00000116. The lowest BCUT2D eigenvalue weighted by molar-refractivity contribution is -0.123. The Kier molecular flexibility index (Phi) is 12.4. The SMILES string of the molecule is Cc1cc(C)c(C(=O)N(CCN(C)C)Cc2cnc[nH]2)cc1C.O=CO.O=CO. The molecule has 0 saturated carbocycles. The van der Waals surface area contributed by atoms with Crippen LogP contribution in [0.15, 0.2) is 24.7 Å². The van der Waals surface area contributed by atoms with Crippen LogP contribution in [0.1, 0.15) is 32.7 Å². The molecule has 2 rings (SSSR count). The van der Waals surface area contributed by atoms with E-state index < -0.39 is 0 Å². The summed E-state index contributed by atoms with van der Waals surface area (Å²) in [6.45, 7) is 7.66. The van der Waals surface area contributed by atoms with Crippen molar-refractivity contribution in [2.24, 2.45) is 0 Å². The molecule has 1 heterocycles. The number of nitrogens with zero attached hydrogens (tertiary/aromatic N) is 3. The maximum absolute atomic E-state index is 13.0. The average Bonchev–Trinajstić information content (AvgIpc) is 3.15. The van der Waals surface area contributed by atoms with E-state index in [1.807, 2.05) is 38.9 Å². The van der Waals surface area contributed by atoms with Gasteiger partial charge in [0.2, 0.25) is 0 Å². The summed E-state index contributed by atoms with van der Waals surface area (Å²) in [5.41, 5.74) is 5.11. The van der Waals surface area contributed by atoms with Crippen LogP contribution in [-0.4, -0.2) is 76.0 Å². The van der Waals surface area contributed by atoms with Crippen molar-refractivity contribution in [2.45, 2.75) is 27.3 Å². The fourth-order valence-corrected chi connectivity index (χ4v) is 2.51. The topological polar surface area (TPSA) is 127 Å². The van der Waals surface area contributed by atoms with E-state index in [1.165, 1.54) is 5.56 Å². The lowest BCUT2D eigenvalue weighted by Crippen LogP contribution is -2.36. The quantitative estimate of drug-likeness (QED) is 0.626. The van der Waals surface area contributed by atoms with Gasteiger partial charge < -0.3 is 25.0 Å². The summed E-state index contributed by atoms with van der Waals surface area (Å²) in [6.07, 6.45) is 3.41. The minimum atomic E-state index is -0.250. The minimum Gasteiger partial charge on any atom is -0.483 e. The monoisotopic (exact) mass is 406 g/mol. The van der Waals surface area contributed by atoms with Gasteiger partial charge in [-0.3, -0.25) is 14.4 Å². The van der Waals surface area contributed by atoms with Crippen molar-refractivity contribution in [1.82, 2.24) is 19.8 Å². The van der Waals surface area contributed by atoms with E-state index in [2.05, 4.69) is 27.9 Å². The number of aromatic amines is 1. The van der Waals surface area contributed by atoms with Gasteiger partial charge in [-0.25, -0.2) is 4.98 Å². The summed E-state index contributed by atoms with van der Waals surface area (Å²) in [5.74, 6) is 0.0713. The Bertz CT molecular complexity index is 754. The van der Waals surface area contributed by atoms with Gasteiger partial charge in [0.1, 0.15) is 0 Å². The van der Waals surface area contributed by atoms with Gasteiger partial charge in [0.25, 0.3) is 18.9 Å². The lowest BCUT2D eigenvalue weighted by atomic mass is 10.00. The number of benzene rings is 1. The number of imidazole rings is 1. The number of aromatic nitrogens is 2. The van der Waals surface area contributed by atoms with E-state index in [1.54, 1.807) is 12.5 Å². The third-order valence-corrected chi connectivity index (χ3v) is 4.09. The van der Waals surface area contributed by atoms with Gasteiger partial charge >= 0.3 is 0 Å². The highest BCUT2D eigenvalue weighted by Gasteiger charge is 2.19. The first-order valence-corrected chi connectivity index (χ1v) is 8.86. The number of H-pyrrole nitrogens is 1. The van der Waals surface area contributed by atoms with Crippen LogP contribution in [0.5, 0.6) is 0 Å². The van der Waals surface area contributed by atoms with Crippen LogP contribution in [0.2, 0.25) is 0 Å². The number of hydrogen-bond acceptors (Lipinski definition) is 5. The smallest absolute Gasteiger partial charge is 0.290 e. The Hall–Kier alpha value is -3.20. The van der Waals surface area contributed by atoms with E-state index >= 15 is 0 Å². The number of carboxylic acid groups (broad SMARTS) is 2. The van der Waals surface area contributed by atoms with E-state index in [0.29, 0.717) is 13.1 Å². The van der Waals surface area contributed by atoms with E-state index in [9.17, 15) is 4.79 Å². The molecule has 9 nitrogen and oxygen atoms in total. The molecule has 29 heavy (non-hydrogen) atoms. The third kappa shape index (κ3) is 9.52. The molecule has 0 fully saturated rings. The summed E-state index contributed by atoms with van der Waals surface area (Å²) >= 11 is 0. The molecule has 0 aliphatic heterocycles. The average molecular weight is 406 g/mol. The van der Waals surface area contributed by atoms with Crippen LogP contribution in [0.4, 0.5) is 0 Å². The van der Waals surface area contributed by atoms with Crippen LogP contribution in [0.25, 0.3) is 0 Å². The molecule has 0 unspecified atom stereocenters. The zero-order valence-electron chi connectivity index (χ0n) is 17.5. The zero-order chi connectivity index (χ0) is 22.4. The van der Waals surface area contributed by atoms with Gasteiger partial charge in [0.15, 0.2) is 0 Å². The highest BCUT2D eigenvalue weighted by molar-refractivity contribution is 5.96. The molecule has 0 aliphatic rings. The fourth-order valence-electron chi connectivity index (χ4n) is 2.51. The van der Waals surface area contributed by atoms with Gasteiger partial charge in [0, 0.05) is 24.8 Å². The Morgan fingerprint density at radius 1 is 1.03 bits per heavy atom. The first-order valence-electron chi connectivity index (χ1n) is 8.86. The second-order valence-corrected chi connectivity index (χ2v) is 6.57. The summed E-state index contributed by atoms with van der Waals surface area (Å²) in [4.78, 5) is 40.8. The first kappa shape index (κ1) is 25.8. The number of hydrogen-bond donors (Lipinski definition) is 3. The third-order valence-electron chi connectivity index (χ3n) is 4.09. The first-order chi connectivity index (χ1) is 13.7. The zero-order valence-corrected chi connectivity index (χ0v) is 17.5. The van der Waals surface area contributed by atoms with Crippen LogP contribution in [-0.2, 0) is 16.1 Å². The van der Waals surface area contributed by atoms with Gasteiger partial charge in [-0.2, -0.15) is 0 Å². The maximum atomic E-state index is 13.0. The molecule has 1 amide bonds. The molecule has 3 N–H and O–H groups in total. The number of nitrogens with one attached hydrogen (secondary N) is 1. The fraction of sp³-hybridized carbons (Fsp3) is 0.400. The summed E-state index contributed by atoms with van der Waals surface area (Å²) in [6, 6.07) is 4.09. The number of amides is 1. The van der Waals surface area contributed by atoms with Crippen molar-refractivity contribution >= 4 is 18.9 Å². The second kappa shape index (κ2) is 13.9. The van der Waals surface area contributed by atoms with Crippen LogP contribution in [0, 0.1) is 20.8 Å². The van der Waals surface area contributed by atoms with Crippen molar-refractivity contribution in [2.75, 3.05) is 27.2 Å². The molecule has 1 aromatic carbocycles. The van der Waals surface area contributed by atoms with Gasteiger partial charge in [0.05, 0.1) is 18.6 Å². The Morgan fingerprint density at radius 3 is 2.07 bits per heavy atom. The predicted octanol–water partition coefficient (Wildman–Crippen LogP) is 1.94. The standard InChI is InChI=1S/C18H26N4O.2CH2O2/c1-13-8-15(3)17(9-14(13)2)18(23)22(7-6-21(4)5)11-16-10-19-12-20-16;2*2-1-3/h8-10,12H,6-7,11H2,1-5H3,(H,19,20);2*1H,(H,2,3). The normalized spacial score (nSPS) is 9.59. The largest absolute Gasteiger partial charge is 0.483 e. The van der Waals surface area contributed by atoms with Gasteiger partial charge in [-0.05, 0) is 57.6 Å². The molecule has 0 radical (unpaired) electrons. The number of rotatable bonds is 6. The van der Waals surface area contributed by atoms with Crippen LogP contribution < -0.4 is 0 Å². The van der Waals surface area contributed by atoms with E-state index in [0.717, 1.165) is 28.9 Å². The minimum absolute atomic E-state index is 0.0713. The summed E-state index contributed by atoms with van der Waals surface area (Å²) in [7, 11) is 4.03. The predicted molar refractivity (Wildman–Crippen MR) is 110 cm³/mol. The summed E-state index contributed by atoms with van der Waals surface area (Å²) in [5, 5.41) is 13.8. The molecular formula is C20H30N4O5. The van der Waals surface area contributed by atoms with Crippen molar-refractivity contribution in [3.05, 3.63) is 52.6 Å². The van der Waals surface area contributed by atoms with E-state index in [-0.39, 0.29) is 18.9 Å². The van der Waals surface area contributed by atoms with Crippen molar-refractivity contribution in [3.63, 3.8) is 0 Å². The molecular weight excluding hydrogens is 376 g/mol. The van der Waals surface area contributed by atoms with Gasteiger partial charge in [-0.1, -0.05) is 6.07 Å². The Labute approximate surface area is 171 Å². The molecule has 9 heteroatoms. The van der Waals surface area contributed by atoms with Crippen molar-refractivity contribution < 1.29 is 24.6 Å². The van der Waals surface area contributed by atoms with E-state index in [4.69, 9.17) is 19.8 Å². The number of carbonyl (C=O) groups excluding carboxylic acids is 1. The molecule has 2 aromatic rings. The number of aryl methyl sites for hydroxylation is 3. The number of likely N-dealkylation sites (N-methyl/N-ethyl adjacent to an activating group) is 1. The van der Waals surface area contributed by atoms with Crippen LogP contribution in [0.3, 0.4) is 0 Å². The molecule has 0 saturated heterocycles. The molecule has 0 spiro atoms. The van der Waals surface area contributed by atoms with Crippen molar-refractivity contribution in [3.8, 4) is 0 Å². The molecule has 0 atom stereocenters. The molecule has 1 aromatic heterocycles. The highest BCUT2D eigenvalue weighted by atomic mass is 16.3. The maximum Gasteiger partial charge on any atom is 0.290 e.